The second-order valence-corrected chi connectivity index (χ2v) is 10.4. The van der Waals surface area contributed by atoms with Crippen molar-refractivity contribution in [3.8, 4) is 6.07 Å². The van der Waals surface area contributed by atoms with Gasteiger partial charge in [-0.1, -0.05) is 19.4 Å². The lowest BCUT2D eigenvalue weighted by molar-refractivity contribution is -0.129. The van der Waals surface area contributed by atoms with Gasteiger partial charge in [-0.25, -0.2) is 0 Å². The minimum atomic E-state index is -0.0439. The number of aliphatic hydroxyl groups excluding tert-OH is 1. The molecule has 0 aromatic rings. The highest BCUT2D eigenvalue weighted by Gasteiger charge is 2.61. The Hall–Kier alpha value is -0.810. The van der Waals surface area contributed by atoms with Gasteiger partial charge in [-0.05, 0) is 112 Å². The van der Waals surface area contributed by atoms with Crippen molar-refractivity contribution >= 4 is 0 Å². The second-order valence-electron chi connectivity index (χ2n) is 10.4. The number of allylic oxidation sites excluding steroid dienone is 2. The van der Waals surface area contributed by atoms with Gasteiger partial charge >= 0.3 is 0 Å². The summed E-state index contributed by atoms with van der Waals surface area (Å²) < 4.78 is 0. The molecule has 26 heavy (non-hydrogen) atoms. The highest BCUT2D eigenvalue weighted by molar-refractivity contribution is 5.22. The first-order valence-corrected chi connectivity index (χ1v) is 11.2. The summed E-state index contributed by atoms with van der Waals surface area (Å²) in [7, 11) is 0. The van der Waals surface area contributed by atoms with Gasteiger partial charge in [0.1, 0.15) is 0 Å². The highest BCUT2D eigenvalue weighted by Crippen LogP contribution is 2.69. The summed E-state index contributed by atoms with van der Waals surface area (Å²) in [6.45, 7) is 7.20. The number of fused-ring (bicyclic) bond motifs is 5. The van der Waals surface area contributed by atoms with Crippen LogP contribution in [0, 0.1) is 51.8 Å². The topological polar surface area (TPSA) is 44.0 Å². The molecular formula is C24H37NO. The van der Waals surface area contributed by atoms with Gasteiger partial charge in [0.15, 0.2) is 0 Å². The number of nitriles is 1. The van der Waals surface area contributed by atoms with Crippen LogP contribution in [0.1, 0.15) is 85.0 Å². The Morgan fingerprint density at radius 3 is 2.65 bits per heavy atom. The maximum absolute atomic E-state index is 10.2. The molecule has 4 aliphatic carbocycles. The summed E-state index contributed by atoms with van der Waals surface area (Å²) in [6, 6.07) is 2.30. The molecule has 0 heterocycles. The van der Waals surface area contributed by atoms with Crippen LogP contribution >= 0.6 is 0 Å². The van der Waals surface area contributed by atoms with E-state index in [2.05, 4.69) is 26.8 Å². The van der Waals surface area contributed by atoms with Gasteiger partial charge < -0.3 is 5.11 Å². The largest absolute Gasteiger partial charge is 0.393 e. The average Bonchev–Trinajstić information content (AvgIpc) is 3.02. The molecule has 0 aromatic heterocycles. The third kappa shape index (κ3) is 2.53. The summed E-state index contributed by atoms with van der Waals surface area (Å²) in [5, 5.41) is 19.4. The highest BCUT2D eigenvalue weighted by atomic mass is 16.3. The molecule has 0 bridgehead atoms. The van der Waals surface area contributed by atoms with Crippen molar-refractivity contribution in [1.82, 2.24) is 0 Å². The molecule has 4 aliphatic rings. The third-order valence-corrected chi connectivity index (χ3v) is 9.85. The van der Waals surface area contributed by atoms with Crippen molar-refractivity contribution in [2.24, 2.45) is 40.4 Å². The first kappa shape index (κ1) is 18.5. The Morgan fingerprint density at radius 1 is 1.12 bits per heavy atom. The van der Waals surface area contributed by atoms with Gasteiger partial charge in [0, 0.05) is 6.08 Å². The van der Waals surface area contributed by atoms with Crippen LogP contribution in [0.3, 0.4) is 0 Å². The Bertz CT molecular complexity index is 618. The van der Waals surface area contributed by atoms with Crippen molar-refractivity contribution in [2.45, 2.75) is 91.1 Å². The average molecular weight is 356 g/mol. The first-order chi connectivity index (χ1) is 12.5. The number of rotatable bonds is 2. The molecule has 0 aliphatic heterocycles. The van der Waals surface area contributed by atoms with Crippen molar-refractivity contribution in [2.75, 3.05) is 0 Å². The molecule has 0 amide bonds. The van der Waals surface area contributed by atoms with Gasteiger partial charge in [0.05, 0.1) is 12.2 Å². The van der Waals surface area contributed by atoms with Crippen LogP contribution in [-0.4, -0.2) is 11.2 Å². The van der Waals surface area contributed by atoms with Gasteiger partial charge in [0.25, 0.3) is 0 Å². The SMILES string of the molecule is CC[C@]12CCC3C(CC[C@H]4C[C@H](O)CC[C@]34C)C1CC[C@@H]2/C(C)=C/C#N. The van der Waals surface area contributed by atoms with Crippen LogP contribution in [0.2, 0.25) is 0 Å². The fourth-order valence-electron chi connectivity index (χ4n) is 8.61. The van der Waals surface area contributed by atoms with E-state index < -0.39 is 0 Å². The zero-order chi connectivity index (χ0) is 18.5. The predicted octanol–water partition coefficient (Wildman–Crippen LogP) is 5.87. The normalized spacial score (nSPS) is 51.1. The van der Waals surface area contributed by atoms with Gasteiger partial charge in [0.2, 0.25) is 0 Å². The van der Waals surface area contributed by atoms with Crippen molar-refractivity contribution in [1.29, 1.82) is 5.26 Å². The van der Waals surface area contributed by atoms with E-state index in [1.54, 1.807) is 0 Å². The number of hydrogen-bond acceptors (Lipinski definition) is 2. The lowest BCUT2D eigenvalue weighted by Gasteiger charge is -2.61. The van der Waals surface area contributed by atoms with Crippen LogP contribution in [0.4, 0.5) is 0 Å². The lowest BCUT2D eigenvalue weighted by atomic mass is 9.44. The van der Waals surface area contributed by atoms with Gasteiger partial charge in [-0.15, -0.1) is 0 Å². The van der Waals surface area contributed by atoms with E-state index in [-0.39, 0.29) is 6.10 Å². The van der Waals surface area contributed by atoms with Crippen molar-refractivity contribution in [3.63, 3.8) is 0 Å². The molecule has 144 valence electrons. The third-order valence-electron chi connectivity index (χ3n) is 9.85. The maximum atomic E-state index is 10.2. The molecule has 4 saturated carbocycles. The Morgan fingerprint density at radius 2 is 1.92 bits per heavy atom. The molecule has 4 rings (SSSR count). The summed E-state index contributed by atoms with van der Waals surface area (Å²) in [5.74, 6) is 4.01. The first-order valence-electron chi connectivity index (χ1n) is 11.2. The van der Waals surface area contributed by atoms with E-state index in [9.17, 15) is 10.4 Å². The Balaban J connectivity index is 1.63. The molecule has 2 heteroatoms. The van der Waals surface area contributed by atoms with E-state index in [4.69, 9.17) is 0 Å². The fourth-order valence-corrected chi connectivity index (χ4v) is 8.61. The number of aliphatic hydroxyl groups is 1. The summed E-state index contributed by atoms with van der Waals surface area (Å²) in [6.07, 6.45) is 14.5. The molecule has 0 aromatic carbocycles. The minimum Gasteiger partial charge on any atom is -0.393 e. The van der Waals surface area contributed by atoms with Crippen LogP contribution in [-0.2, 0) is 0 Å². The zero-order valence-corrected chi connectivity index (χ0v) is 17.0. The molecule has 0 radical (unpaired) electrons. The Kier molecular flexibility index (Phi) is 4.75. The van der Waals surface area contributed by atoms with E-state index >= 15 is 0 Å². The van der Waals surface area contributed by atoms with Crippen LogP contribution in [0.5, 0.6) is 0 Å². The van der Waals surface area contributed by atoms with Crippen LogP contribution < -0.4 is 0 Å². The van der Waals surface area contributed by atoms with Gasteiger partial charge in [-0.3, -0.25) is 0 Å². The van der Waals surface area contributed by atoms with Crippen LogP contribution in [0.15, 0.2) is 11.6 Å². The summed E-state index contributed by atoms with van der Waals surface area (Å²) in [5.41, 5.74) is 2.27. The zero-order valence-electron chi connectivity index (χ0n) is 17.0. The predicted molar refractivity (Wildman–Crippen MR) is 105 cm³/mol. The molecule has 0 saturated heterocycles. The molecule has 2 nitrogen and oxygen atoms in total. The smallest absolute Gasteiger partial charge is 0.0911 e. The summed E-state index contributed by atoms with van der Waals surface area (Å²) >= 11 is 0. The monoisotopic (exact) mass is 355 g/mol. The number of hydrogen-bond donors (Lipinski definition) is 1. The van der Waals surface area contributed by atoms with E-state index in [0.717, 1.165) is 36.5 Å². The minimum absolute atomic E-state index is 0.0439. The molecular weight excluding hydrogens is 318 g/mol. The quantitative estimate of drug-likeness (QED) is 0.630. The molecule has 8 atom stereocenters. The van der Waals surface area contributed by atoms with Gasteiger partial charge in [-0.2, -0.15) is 5.26 Å². The molecule has 1 N–H and O–H groups in total. The standard InChI is InChI=1S/C24H37NO/c1-4-24-13-10-21-19(22(24)8-7-20(24)16(2)11-14-25)6-5-17-15-18(26)9-12-23(17,21)3/h11,17-22,26H,4-10,12-13,15H2,1-3H3/b16-11+/t17-,18+,19?,20+,21?,22?,23-,24+/m0/s1. The molecule has 3 unspecified atom stereocenters. The van der Waals surface area contributed by atoms with Crippen molar-refractivity contribution in [3.05, 3.63) is 11.6 Å². The Labute approximate surface area is 160 Å². The van der Waals surface area contributed by atoms with E-state index in [1.165, 1.54) is 56.9 Å². The van der Waals surface area contributed by atoms with E-state index in [0.29, 0.717) is 16.7 Å². The van der Waals surface area contributed by atoms with Crippen molar-refractivity contribution < 1.29 is 5.11 Å². The summed E-state index contributed by atoms with van der Waals surface area (Å²) in [4.78, 5) is 0. The number of nitrogens with zero attached hydrogens (tertiary/aromatic N) is 1. The lowest BCUT2D eigenvalue weighted by Crippen LogP contribution is -2.54. The maximum Gasteiger partial charge on any atom is 0.0911 e. The second kappa shape index (κ2) is 6.66. The van der Waals surface area contributed by atoms with Crippen LogP contribution in [0.25, 0.3) is 0 Å². The molecule has 4 fully saturated rings. The fraction of sp³-hybridized carbons (Fsp3) is 0.875. The van der Waals surface area contributed by atoms with E-state index in [1.807, 2.05) is 6.08 Å². The molecule has 0 spiro atoms.